The van der Waals surface area contributed by atoms with Crippen LogP contribution in [-0.4, -0.2) is 24.2 Å². The van der Waals surface area contributed by atoms with Gasteiger partial charge in [0.1, 0.15) is 12.4 Å². The molecule has 0 amide bonds. The molecule has 0 unspecified atom stereocenters. The molecule has 0 aliphatic carbocycles. The average molecular weight is 271 g/mol. The van der Waals surface area contributed by atoms with Crippen LogP contribution in [-0.2, 0) is 0 Å². The number of aromatic carboxylic acids is 1. The monoisotopic (exact) mass is 271 g/mol. The average Bonchev–Trinajstić information content (AvgIpc) is 2.45. The number of benzene rings is 2. The number of carboxylic acid groups (broad SMARTS) is 1. The first kappa shape index (κ1) is 13.9. The van der Waals surface area contributed by atoms with Crippen LogP contribution in [0.4, 0.5) is 5.69 Å². The van der Waals surface area contributed by atoms with Crippen molar-refractivity contribution in [3.8, 4) is 5.75 Å². The Labute approximate surface area is 118 Å². The van der Waals surface area contributed by atoms with Crippen LogP contribution in [0.25, 0.3) is 0 Å². The fraction of sp³-hybridized carbons (Fsp3) is 0.188. The highest BCUT2D eigenvalue weighted by atomic mass is 16.5. The van der Waals surface area contributed by atoms with Gasteiger partial charge in [-0.2, -0.15) is 0 Å². The predicted molar refractivity (Wildman–Crippen MR) is 78.6 cm³/mol. The van der Waals surface area contributed by atoms with Crippen molar-refractivity contribution in [2.45, 2.75) is 6.92 Å². The fourth-order valence-electron chi connectivity index (χ4n) is 1.84. The summed E-state index contributed by atoms with van der Waals surface area (Å²) >= 11 is 0. The topological polar surface area (TPSA) is 58.6 Å². The zero-order valence-electron chi connectivity index (χ0n) is 11.3. The lowest BCUT2D eigenvalue weighted by Gasteiger charge is -2.10. The fourth-order valence-corrected chi connectivity index (χ4v) is 1.84. The Morgan fingerprint density at radius 1 is 1.20 bits per heavy atom. The minimum Gasteiger partial charge on any atom is -0.492 e. The summed E-state index contributed by atoms with van der Waals surface area (Å²) < 4.78 is 5.53. The van der Waals surface area contributed by atoms with E-state index in [-0.39, 0.29) is 5.56 Å². The standard InChI is InChI=1S/C16H17NO3/c1-12-5-2-3-8-15(12)17-9-10-20-14-7-4-6-13(11-14)16(18)19/h2-8,11,17H,9-10H2,1H3,(H,18,19). The number of hydrogen-bond donors (Lipinski definition) is 2. The Balaban J connectivity index is 1.83. The Morgan fingerprint density at radius 2 is 2.00 bits per heavy atom. The van der Waals surface area contributed by atoms with Gasteiger partial charge in [0, 0.05) is 12.2 Å². The summed E-state index contributed by atoms with van der Waals surface area (Å²) in [5, 5.41) is 12.2. The minimum atomic E-state index is -0.950. The molecule has 0 saturated carbocycles. The lowest BCUT2D eigenvalue weighted by Crippen LogP contribution is -2.12. The van der Waals surface area contributed by atoms with E-state index in [1.807, 2.05) is 31.2 Å². The zero-order chi connectivity index (χ0) is 14.4. The number of anilines is 1. The Hall–Kier alpha value is -2.49. The van der Waals surface area contributed by atoms with Gasteiger partial charge in [-0.15, -0.1) is 0 Å². The van der Waals surface area contributed by atoms with Crippen molar-refractivity contribution in [2.24, 2.45) is 0 Å². The Kier molecular flexibility index (Phi) is 4.60. The van der Waals surface area contributed by atoms with Crippen molar-refractivity contribution >= 4 is 11.7 Å². The van der Waals surface area contributed by atoms with Gasteiger partial charge in [-0.1, -0.05) is 24.3 Å². The molecule has 20 heavy (non-hydrogen) atoms. The molecule has 104 valence electrons. The summed E-state index contributed by atoms with van der Waals surface area (Å²) in [7, 11) is 0. The number of ether oxygens (including phenoxy) is 1. The van der Waals surface area contributed by atoms with E-state index in [9.17, 15) is 4.79 Å². The van der Waals surface area contributed by atoms with Gasteiger partial charge in [0.2, 0.25) is 0 Å². The van der Waals surface area contributed by atoms with Crippen molar-refractivity contribution < 1.29 is 14.6 Å². The lowest BCUT2D eigenvalue weighted by molar-refractivity contribution is 0.0696. The highest BCUT2D eigenvalue weighted by Crippen LogP contribution is 2.14. The van der Waals surface area contributed by atoms with Gasteiger partial charge in [0.05, 0.1) is 5.56 Å². The van der Waals surface area contributed by atoms with E-state index in [1.54, 1.807) is 18.2 Å². The second kappa shape index (κ2) is 6.61. The number of nitrogens with one attached hydrogen (secondary N) is 1. The number of rotatable bonds is 6. The summed E-state index contributed by atoms with van der Waals surface area (Å²) in [5.74, 6) is -0.384. The summed E-state index contributed by atoms with van der Waals surface area (Å²) in [6.45, 7) is 3.17. The maximum Gasteiger partial charge on any atom is 0.335 e. The normalized spacial score (nSPS) is 10.1. The smallest absolute Gasteiger partial charge is 0.335 e. The molecule has 0 aromatic heterocycles. The van der Waals surface area contributed by atoms with E-state index in [0.29, 0.717) is 18.9 Å². The van der Waals surface area contributed by atoms with E-state index in [4.69, 9.17) is 9.84 Å². The zero-order valence-corrected chi connectivity index (χ0v) is 11.3. The summed E-state index contributed by atoms with van der Waals surface area (Å²) in [6, 6.07) is 14.5. The highest BCUT2D eigenvalue weighted by Gasteiger charge is 2.03. The van der Waals surface area contributed by atoms with Gasteiger partial charge >= 0.3 is 5.97 Å². The van der Waals surface area contributed by atoms with Gasteiger partial charge in [0.25, 0.3) is 0 Å². The molecular formula is C16H17NO3. The van der Waals surface area contributed by atoms with Crippen LogP contribution < -0.4 is 10.1 Å². The molecule has 0 radical (unpaired) electrons. The molecule has 0 aliphatic rings. The summed E-state index contributed by atoms with van der Waals surface area (Å²) in [5.41, 5.74) is 2.49. The number of carbonyl (C=O) groups is 1. The van der Waals surface area contributed by atoms with E-state index in [0.717, 1.165) is 5.69 Å². The van der Waals surface area contributed by atoms with E-state index in [2.05, 4.69) is 5.32 Å². The molecule has 0 atom stereocenters. The first-order valence-electron chi connectivity index (χ1n) is 6.42. The molecule has 2 N–H and O–H groups in total. The molecule has 2 aromatic carbocycles. The van der Waals surface area contributed by atoms with Crippen molar-refractivity contribution in [1.29, 1.82) is 0 Å². The van der Waals surface area contributed by atoms with Gasteiger partial charge in [0.15, 0.2) is 0 Å². The first-order chi connectivity index (χ1) is 9.66. The third kappa shape index (κ3) is 3.75. The molecule has 0 bridgehead atoms. The molecule has 2 aromatic rings. The molecule has 0 spiro atoms. The molecule has 0 saturated heterocycles. The minimum absolute atomic E-state index is 0.231. The quantitative estimate of drug-likeness (QED) is 0.792. The third-order valence-corrected chi connectivity index (χ3v) is 2.91. The summed E-state index contributed by atoms with van der Waals surface area (Å²) in [6.07, 6.45) is 0. The van der Waals surface area contributed by atoms with E-state index < -0.39 is 5.97 Å². The van der Waals surface area contributed by atoms with Crippen LogP contribution in [0.5, 0.6) is 5.75 Å². The molecule has 0 fully saturated rings. The number of aryl methyl sites for hydroxylation is 1. The van der Waals surface area contributed by atoms with Crippen molar-refractivity contribution in [3.63, 3.8) is 0 Å². The van der Waals surface area contributed by atoms with Crippen LogP contribution in [0.15, 0.2) is 48.5 Å². The molecule has 4 heteroatoms. The van der Waals surface area contributed by atoms with Gasteiger partial charge < -0.3 is 15.2 Å². The maximum atomic E-state index is 10.8. The molecule has 2 rings (SSSR count). The largest absolute Gasteiger partial charge is 0.492 e. The van der Waals surface area contributed by atoms with Gasteiger partial charge in [-0.25, -0.2) is 4.79 Å². The highest BCUT2D eigenvalue weighted by molar-refractivity contribution is 5.87. The summed E-state index contributed by atoms with van der Waals surface area (Å²) in [4.78, 5) is 10.8. The molecule has 0 heterocycles. The SMILES string of the molecule is Cc1ccccc1NCCOc1cccc(C(=O)O)c1. The van der Waals surface area contributed by atoms with Crippen LogP contribution >= 0.6 is 0 Å². The van der Waals surface area contributed by atoms with Gasteiger partial charge in [-0.3, -0.25) is 0 Å². The number of carboxylic acids is 1. The number of hydrogen-bond acceptors (Lipinski definition) is 3. The Bertz CT molecular complexity index is 596. The van der Waals surface area contributed by atoms with Crippen LogP contribution in [0.3, 0.4) is 0 Å². The third-order valence-electron chi connectivity index (χ3n) is 2.91. The first-order valence-corrected chi connectivity index (χ1v) is 6.42. The van der Waals surface area contributed by atoms with Crippen molar-refractivity contribution in [2.75, 3.05) is 18.5 Å². The molecule has 0 aliphatic heterocycles. The second-order valence-corrected chi connectivity index (χ2v) is 4.42. The number of para-hydroxylation sites is 1. The second-order valence-electron chi connectivity index (χ2n) is 4.42. The van der Waals surface area contributed by atoms with Crippen LogP contribution in [0.2, 0.25) is 0 Å². The van der Waals surface area contributed by atoms with Crippen molar-refractivity contribution in [3.05, 3.63) is 59.7 Å². The van der Waals surface area contributed by atoms with E-state index >= 15 is 0 Å². The van der Waals surface area contributed by atoms with E-state index in [1.165, 1.54) is 11.6 Å². The molecule has 4 nitrogen and oxygen atoms in total. The van der Waals surface area contributed by atoms with Crippen LogP contribution in [0.1, 0.15) is 15.9 Å². The maximum absolute atomic E-state index is 10.8. The van der Waals surface area contributed by atoms with Gasteiger partial charge in [-0.05, 0) is 36.8 Å². The lowest BCUT2D eigenvalue weighted by atomic mass is 10.2. The predicted octanol–water partition coefficient (Wildman–Crippen LogP) is 3.18. The molecular weight excluding hydrogens is 254 g/mol. The van der Waals surface area contributed by atoms with Crippen LogP contribution in [0, 0.1) is 6.92 Å². The Morgan fingerprint density at radius 3 is 2.75 bits per heavy atom. The van der Waals surface area contributed by atoms with Crippen molar-refractivity contribution in [1.82, 2.24) is 0 Å².